The van der Waals surface area contributed by atoms with Crippen LogP contribution in [0.3, 0.4) is 0 Å². The molecule has 0 aliphatic carbocycles. The molecule has 76 valence electrons. The molecule has 2 bridgehead atoms. The van der Waals surface area contributed by atoms with Crippen LogP contribution in [0.2, 0.25) is 0 Å². The molecule has 1 amide bonds. The fourth-order valence-electron chi connectivity index (χ4n) is 2.85. The summed E-state index contributed by atoms with van der Waals surface area (Å²) in [6.45, 7) is 2.54. The number of nitrogens with zero attached hydrogens (tertiary/aromatic N) is 2. The van der Waals surface area contributed by atoms with Crippen LogP contribution in [-0.2, 0) is 9.53 Å². The molecule has 0 unspecified atom stereocenters. The summed E-state index contributed by atoms with van der Waals surface area (Å²) in [4.78, 5) is 15.4. The highest BCUT2D eigenvalue weighted by Crippen LogP contribution is 2.40. The van der Waals surface area contributed by atoms with Crippen molar-refractivity contribution < 1.29 is 9.53 Å². The molecule has 0 radical (unpaired) electrons. The second-order valence-corrected chi connectivity index (χ2v) is 4.29. The lowest BCUT2D eigenvalue weighted by Crippen LogP contribution is -2.45. The minimum absolute atomic E-state index is 0.123. The molecule has 3 heterocycles. The molecule has 0 aromatic rings. The van der Waals surface area contributed by atoms with Gasteiger partial charge in [0.25, 0.3) is 0 Å². The Morgan fingerprint density at radius 3 is 3.07 bits per heavy atom. The number of hydrogen-bond donors (Lipinski definition) is 0. The number of hydrogen-bond acceptors (Lipinski definition) is 3. The van der Waals surface area contributed by atoms with Crippen molar-refractivity contribution in [2.45, 2.75) is 31.2 Å². The molecule has 2 fully saturated rings. The third-order valence-corrected chi connectivity index (χ3v) is 3.58. The van der Waals surface area contributed by atoms with Crippen molar-refractivity contribution in [3.63, 3.8) is 0 Å². The molecule has 3 rings (SSSR count). The maximum absolute atomic E-state index is 11.3. The normalized spacial score (nSPS) is 42.3. The molecular weight excluding hydrogens is 180 g/mol. The topological polar surface area (TPSA) is 32.8 Å². The third-order valence-electron chi connectivity index (χ3n) is 3.58. The first-order valence-electron chi connectivity index (χ1n) is 5.01. The molecule has 0 saturated carbocycles. The second kappa shape index (κ2) is 2.51. The minimum Gasteiger partial charge on any atom is -0.367 e. The molecule has 0 spiro atoms. The number of amides is 1. The molecule has 14 heavy (non-hydrogen) atoms. The molecule has 0 N–H and O–H groups in total. The van der Waals surface area contributed by atoms with E-state index >= 15 is 0 Å². The van der Waals surface area contributed by atoms with Gasteiger partial charge in [0, 0.05) is 20.5 Å². The Labute approximate surface area is 83.1 Å². The Hall–Kier alpha value is -1.03. The summed E-state index contributed by atoms with van der Waals surface area (Å²) >= 11 is 0. The van der Waals surface area contributed by atoms with Crippen LogP contribution in [0.5, 0.6) is 0 Å². The van der Waals surface area contributed by atoms with Crippen LogP contribution >= 0.6 is 0 Å². The predicted octanol–water partition coefficient (Wildman–Crippen LogP) is -0.188. The number of rotatable bonds is 1. The van der Waals surface area contributed by atoms with E-state index in [0.29, 0.717) is 6.04 Å². The van der Waals surface area contributed by atoms with E-state index in [4.69, 9.17) is 4.74 Å². The quantitative estimate of drug-likeness (QED) is 0.580. The molecular formula is C10H14N2O2. The Morgan fingerprint density at radius 2 is 2.43 bits per heavy atom. The summed E-state index contributed by atoms with van der Waals surface area (Å²) in [5.74, 6) is 0.123. The largest absolute Gasteiger partial charge is 0.367 e. The summed E-state index contributed by atoms with van der Waals surface area (Å²) in [7, 11) is 1.87. The number of likely N-dealkylation sites (N-methyl/N-ethyl adjacent to an activating group) is 1. The van der Waals surface area contributed by atoms with Gasteiger partial charge in [-0.3, -0.25) is 4.79 Å². The average molecular weight is 194 g/mol. The van der Waals surface area contributed by atoms with Crippen LogP contribution in [0, 0.1) is 0 Å². The van der Waals surface area contributed by atoms with Gasteiger partial charge < -0.3 is 14.5 Å². The first kappa shape index (κ1) is 8.29. The van der Waals surface area contributed by atoms with Crippen LogP contribution in [0.4, 0.5) is 0 Å². The second-order valence-electron chi connectivity index (χ2n) is 4.29. The molecule has 0 aromatic carbocycles. The van der Waals surface area contributed by atoms with Gasteiger partial charge in [0.1, 0.15) is 6.10 Å². The molecule has 3 aliphatic rings. The van der Waals surface area contributed by atoms with Crippen molar-refractivity contribution in [1.29, 1.82) is 0 Å². The summed E-state index contributed by atoms with van der Waals surface area (Å²) in [6.07, 6.45) is 4.61. The lowest BCUT2D eigenvalue weighted by atomic mass is 10.1. The summed E-state index contributed by atoms with van der Waals surface area (Å²) in [5, 5.41) is 0. The smallest absolute Gasteiger partial charge is 0.219 e. The highest BCUT2D eigenvalue weighted by Gasteiger charge is 2.56. The van der Waals surface area contributed by atoms with Crippen molar-refractivity contribution in [2.75, 3.05) is 13.6 Å². The Morgan fingerprint density at radius 1 is 1.64 bits per heavy atom. The summed E-state index contributed by atoms with van der Waals surface area (Å²) in [6, 6.07) is 0.612. The van der Waals surface area contributed by atoms with E-state index in [9.17, 15) is 4.79 Å². The van der Waals surface area contributed by atoms with Gasteiger partial charge in [-0.05, 0) is 12.3 Å². The van der Waals surface area contributed by atoms with E-state index in [2.05, 4.69) is 17.2 Å². The van der Waals surface area contributed by atoms with E-state index in [-0.39, 0.29) is 24.2 Å². The van der Waals surface area contributed by atoms with E-state index in [1.165, 1.54) is 0 Å². The number of fused-ring (bicyclic) bond motifs is 1. The Balaban J connectivity index is 1.88. The van der Waals surface area contributed by atoms with Gasteiger partial charge in [0.2, 0.25) is 5.91 Å². The van der Waals surface area contributed by atoms with Gasteiger partial charge in [0.05, 0.1) is 18.2 Å². The fraction of sp³-hybridized carbons (Fsp3) is 0.700. The van der Waals surface area contributed by atoms with E-state index in [1.54, 1.807) is 6.92 Å². The van der Waals surface area contributed by atoms with Gasteiger partial charge in [-0.2, -0.15) is 0 Å². The number of ether oxygens (including phenoxy) is 1. The zero-order valence-corrected chi connectivity index (χ0v) is 8.38. The molecule has 4 atom stereocenters. The maximum atomic E-state index is 11.3. The van der Waals surface area contributed by atoms with Crippen molar-refractivity contribution >= 4 is 5.91 Å². The average Bonchev–Trinajstić information content (AvgIpc) is 2.70. The zero-order valence-electron chi connectivity index (χ0n) is 8.38. The highest BCUT2D eigenvalue weighted by molar-refractivity contribution is 5.73. The van der Waals surface area contributed by atoms with Crippen molar-refractivity contribution in [2.24, 2.45) is 0 Å². The minimum atomic E-state index is 0.123. The highest BCUT2D eigenvalue weighted by atomic mass is 16.5. The van der Waals surface area contributed by atoms with Crippen LogP contribution < -0.4 is 0 Å². The molecule has 4 heteroatoms. The van der Waals surface area contributed by atoms with E-state index < -0.39 is 0 Å². The number of morpholine rings is 1. The first-order valence-corrected chi connectivity index (χ1v) is 5.01. The lowest BCUT2D eigenvalue weighted by molar-refractivity contribution is -0.130. The van der Waals surface area contributed by atoms with Crippen molar-refractivity contribution in [1.82, 2.24) is 9.80 Å². The SMILES string of the molecule is CC(=O)N(C)[C@@H]1[C@H]2[C@@H]3C=CN2C[C@H]1O3. The molecule has 4 nitrogen and oxygen atoms in total. The van der Waals surface area contributed by atoms with Crippen LogP contribution in [0.25, 0.3) is 0 Å². The van der Waals surface area contributed by atoms with Crippen molar-refractivity contribution in [3.8, 4) is 0 Å². The number of carbonyl (C=O) groups excluding carboxylic acids is 1. The van der Waals surface area contributed by atoms with E-state index in [1.807, 2.05) is 11.9 Å². The summed E-state index contributed by atoms with van der Waals surface area (Å²) < 4.78 is 5.81. The monoisotopic (exact) mass is 194 g/mol. The number of carbonyl (C=O) groups is 1. The molecule has 2 saturated heterocycles. The Bertz CT molecular complexity index is 299. The van der Waals surface area contributed by atoms with Crippen LogP contribution in [0.1, 0.15) is 6.92 Å². The first-order chi connectivity index (χ1) is 6.68. The standard InChI is InChI=1S/C10H14N2O2/c1-6(13)11(2)9-8-5-12-4-3-7(14-8)10(9)12/h3-4,7-10H,5H2,1-2H3/t7-,8+,9-,10+/m0/s1. The zero-order chi connectivity index (χ0) is 9.87. The van der Waals surface area contributed by atoms with E-state index in [0.717, 1.165) is 6.54 Å². The van der Waals surface area contributed by atoms with Crippen molar-refractivity contribution in [3.05, 3.63) is 12.3 Å². The van der Waals surface area contributed by atoms with Gasteiger partial charge >= 0.3 is 0 Å². The van der Waals surface area contributed by atoms with Crippen LogP contribution in [0.15, 0.2) is 12.3 Å². The van der Waals surface area contributed by atoms with Gasteiger partial charge in [-0.15, -0.1) is 0 Å². The summed E-state index contributed by atoms with van der Waals surface area (Å²) in [5.41, 5.74) is 0. The van der Waals surface area contributed by atoms with Gasteiger partial charge in [-0.25, -0.2) is 0 Å². The third kappa shape index (κ3) is 0.843. The fourth-order valence-corrected chi connectivity index (χ4v) is 2.85. The predicted molar refractivity (Wildman–Crippen MR) is 50.5 cm³/mol. The maximum Gasteiger partial charge on any atom is 0.219 e. The van der Waals surface area contributed by atoms with Gasteiger partial charge in [-0.1, -0.05) is 0 Å². The molecule has 3 aliphatic heterocycles. The van der Waals surface area contributed by atoms with Gasteiger partial charge in [0.15, 0.2) is 0 Å². The van der Waals surface area contributed by atoms with Crippen LogP contribution in [-0.4, -0.2) is 53.6 Å². The Kier molecular flexibility index (Phi) is 1.49. The molecule has 0 aromatic heterocycles. The lowest BCUT2D eigenvalue weighted by Gasteiger charge is -2.27.